The van der Waals surface area contributed by atoms with Gasteiger partial charge in [-0.05, 0) is 63.4 Å². The van der Waals surface area contributed by atoms with Gasteiger partial charge >= 0.3 is 6.03 Å². The first-order valence-corrected chi connectivity index (χ1v) is 10.5. The first-order valence-electron chi connectivity index (χ1n) is 10.5. The Morgan fingerprint density at radius 1 is 1.30 bits per heavy atom. The molecular formula is C23H31FN4O2. The number of urea groups is 1. The van der Waals surface area contributed by atoms with Crippen LogP contribution in [0.25, 0.3) is 0 Å². The fourth-order valence-electron chi connectivity index (χ4n) is 3.79. The van der Waals surface area contributed by atoms with Gasteiger partial charge in [-0.15, -0.1) is 0 Å². The molecule has 1 saturated heterocycles. The van der Waals surface area contributed by atoms with Crippen molar-refractivity contribution in [2.75, 3.05) is 18.0 Å². The molecule has 2 aromatic rings. The van der Waals surface area contributed by atoms with Crippen LogP contribution in [-0.4, -0.2) is 46.3 Å². The summed E-state index contributed by atoms with van der Waals surface area (Å²) in [5, 5.41) is 12.8. The van der Waals surface area contributed by atoms with Crippen LogP contribution in [0.3, 0.4) is 0 Å². The molecule has 7 heteroatoms. The maximum Gasteiger partial charge on any atom is 0.318 e. The molecule has 1 fully saturated rings. The number of piperidine rings is 1. The average Bonchev–Trinajstić information content (AvgIpc) is 2.73. The highest BCUT2D eigenvalue weighted by molar-refractivity contribution is 5.75. The molecule has 1 unspecified atom stereocenters. The molecule has 2 amide bonds. The summed E-state index contributed by atoms with van der Waals surface area (Å²) in [5.41, 5.74) is 2.59. The molecule has 2 N–H and O–H groups in total. The highest BCUT2D eigenvalue weighted by Crippen LogP contribution is 2.30. The van der Waals surface area contributed by atoms with Crippen molar-refractivity contribution in [2.24, 2.45) is 0 Å². The molecule has 3 rings (SSSR count). The second-order valence-corrected chi connectivity index (χ2v) is 8.18. The lowest BCUT2D eigenvalue weighted by atomic mass is 10.0. The quantitative estimate of drug-likeness (QED) is 0.753. The van der Waals surface area contributed by atoms with Crippen molar-refractivity contribution in [1.29, 1.82) is 0 Å². The number of carbonyl (C=O) groups is 1. The van der Waals surface area contributed by atoms with Crippen molar-refractivity contribution in [3.63, 3.8) is 0 Å². The second kappa shape index (κ2) is 9.89. The fraction of sp³-hybridized carbons (Fsp3) is 0.478. The third-order valence-electron chi connectivity index (χ3n) is 5.56. The van der Waals surface area contributed by atoms with Crippen LogP contribution in [0.1, 0.15) is 50.8 Å². The van der Waals surface area contributed by atoms with Crippen molar-refractivity contribution in [3.05, 3.63) is 59.7 Å². The number of anilines is 1. The minimum absolute atomic E-state index is 0.00651. The van der Waals surface area contributed by atoms with Gasteiger partial charge in [0.25, 0.3) is 0 Å². The van der Waals surface area contributed by atoms with Crippen LogP contribution in [0.15, 0.2) is 42.7 Å². The van der Waals surface area contributed by atoms with Gasteiger partial charge in [0.05, 0.1) is 12.1 Å². The van der Waals surface area contributed by atoms with Gasteiger partial charge in [-0.1, -0.05) is 6.07 Å². The molecule has 1 aliphatic heterocycles. The number of rotatable bonds is 6. The summed E-state index contributed by atoms with van der Waals surface area (Å²) in [7, 11) is 0. The molecule has 30 heavy (non-hydrogen) atoms. The zero-order valence-electron chi connectivity index (χ0n) is 17.9. The van der Waals surface area contributed by atoms with Crippen molar-refractivity contribution in [3.8, 4) is 0 Å². The molecule has 0 spiro atoms. The van der Waals surface area contributed by atoms with Gasteiger partial charge in [-0.25, -0.2) is 9.18 Å². The minimum Gasteiger partial charge on any atom is -0.393 e. The van der Waals surface area contributed by atoms with E-state index in [9.17, 15) is 14.3 Å². The Bertz CT molecular complexity index is 838. The number of aromatic nitrogens is 1. The van der Waals surface area contributed by atoms with Crippen molar-refractivity contribution in [1.82, 2.24) is 15.2 Å². The molecule has 0 saturated carbocycles. The van der Waals surface area contributed by atoms with Crippen LogP contribution in [-0.2, 0) is 6.54 Å². The maximum atomic E-state index is 14.1. The van der Waals surface area contributed by atoms with Gasteiger partial charge < -0.3 is 20.2 Å². The molecule has 162 valence electrons. The zero-order valence-corrected chi connectivity index (χ0v) is 17.9. The lowest BCUT2D eigenvalue weighted by molar-refractivity contribution is 0.145. The predicted octanol–water partition coefficient (Wildman–Crippen LogP) is 3.86. The summed E-state index contributed by atoms with van der Waals surface area (Å²) >= 11 is 0. The Morgan fingerprint density at radius 2 is 2.03 bits per heavy atom. The smallest absolute Gasteiger partial charge is 0.318 e. The van der Waals surface area contributed by atoms with Crippen molar-refractivity contribution in [2.45, 2.75) is 58.3 Å². The number of halogens is 1. The molecular weight excluding hydrogens is 383 g/mol. The Kier molecular flexibility index (Phi) is 7.26. The Balaban J connectivity index is 1.76. The Morgan fingerprint density at radius 3 is 2.67 bits per heavy atom. The number of pyridine rings is 1. The molecule has 6 nitrogen and oxygen atoms in total. The Labute approximate surface area is 177 Å². The van der Waals surface area contributed by atoms with Gasteiger partial charge in [0.2, 0.25) is 0 Å². The third kappa shape index (κ3) is 5.48. The van der Waals surface area contributed by atoms with Crippen LogP contribution in [0.5, 0.6) is 0 Å². The van der Waals surface area contributed by atoms with Crippen LogP contribution in [0.2, 0.25) is 0 Å². The van der Waals surface area contributed by atoms with E-state index in [-0.39, 0.29) is 30.0 Å². The molecule has 0 bridgehead atoms. The standard InChI is InChI=1S/C23H31FN4O2/c1-16(2)28(15-18-5-4-10-25-14-18)23(30)26-17(3)21-13-19(24)6-7-22(21)27-11-8-20(29)9-12-27/h4-7,10,13-14,16-17,20,29H,8-9,11-12,15H2,1-3H3,(H,26,30). The van der Waals surface area contributed by atoms with E-state index < -0.39 is 0 Å². The largest absolute Gasteiger partial charge is 0.393 e. The molecule has 1 atom stereocenters. The van der Waals surface area contributed by atoms with E-state index in [0.29, 0.717) is 32.5 Å². The first kappa shape index (κ1) is 22.0. The van der Waals surface area contributed by atoms with E-state index >= 15 is 0 Å². The average molecular weight is 415 g/mol. The van der Waals surface area contributed by atoms with Gasteiger partial charge in [-0.2, -0.15) is 0 Å². The van der Waals surface area contributed by atoms with Crippen LogP contribution in [0.4, 0.5) is 14.9 Å². The van der Waals surface area contributed by atoms with Gasteiger partial charge in [0.1, 0.15) is 5.82 Å². The molecule has 1 aromatic carbocycles. The maximum absolute atomic E-state index is 14.1. The summed E-state index contributed by atoms with van der Waals surface area (Å²) in [4.78, 5) is 21.1. The zero-order chi connectivity index (χ0) is 21.7. The number of aliphatic hydroxyl groups is 1. The molecule has 0 radical (unpaired) electrons. The van der Waals surface area contributed by atoms with Crippen molar-refractivity contribution < 1.29 is 14.3 Å². The van der Waals surface area contributed by atoms with Gasteiger partial charge in [-0.3, -0.25) is 4.98 Å². The summed E-state index contributed by atoms with van der Waals surface area (Å²) in [6.07, 6.45) is 4.54. The van der Waals surface area contributed by atoms with E-state index in [0.717, 1.165) is 16.8 Å². The van der Waals surface area contributed by atoms with Crippen LogP contribution < -0.4 is 10.2 Å². The van der Waals surface area contributed by atoms with Crippen molar-refractivity contribution >= 4 is 11.7 Å². The normalized spacial score (nSPS) is 15.9. The summed E-state index contributed by atoms with van der Waals surface area (Å²) in [5.74, 6) is -0.331. The molecule has 1 aliphatic rings. The monoisotopic (exact) mass is 414 g/mol. The molecule has 0 aliphatic carbocycles. The number of carbonyl (C=O) groups excluding carboxylic acids is 1. The summed E-state index contributed by atoms with van der Waals surface area (Å²) in [6, 6.07) is 7.91. The van der Waals surface area contributed by atoms with Gasteiger partial charge in [0.15, 0.2) is 0 Å². The molecule has 1 aromatic heterocycles. The fourth-order valence-corrected chi connectivity index (χ4v) is 3.79. The van der Waals surface area contributed by atoms with Crippen LogP contribution in [0, 0.1) is 5.82 Å². The predicted molar refractivity (Wildman–Crippen MR) is 116 cm³/mol. The number of hydrogen-bond acceptors (Lipinski definition) is 4. The van der Waals surface area contributed by atoms with E-state index in [2.05, 4.69) is 15.2 Å². The Hall–Kier alpha value is -2.67. The molecule has 2 heterocycles. The van der Waals surface area contributed by atoms with E-state index in [1.165, 1.54) is 12.1 Å². The third-order valence-corrected chi connectivity index (χ3v) is 5.56. The summed E-state index contributed by atoms with van der Waals surface area (Å²) in [6.45, 7) is 7.67. The number of benzene rings is 1. The number of aliphatic hydroxyl groups excluding tert-OH is 1. The highest BCUT2D eigenvalue weighted by Gasteiger charge is 2.24. The summed E-state index contributed by atoms with van der Waals surface area (Å²) < 4.78 is 14.1. The first-order chi connectivity index (χ1) is 14.3. The number of nitrogens with zero attached hydrogens (tertiary/aromatic N) is 3. The number of hydrogen-bond donors (Lipinski definition) is 2. The lowest BCUT2D eigenvalue weighted by Crippen LogP contribution is -2.44. The highest BCUT2D eigenvalue weighted by atomic mass is 19.1. The minimum atomic E-state index is -0.370. The van der Waals surface area contributed by atoms with Crippen LogP contribution >= 0.6 is 0 Å². The van der Waals surface area contributed by atoms with E-state index in [4.69, 9.17) is 0 Å². The number of amides is 2. The van der Waals surface area contributed by atoms with E-state index in [1.54, 1.807) is 23.4 Å². The SMILES string of the molecule is CC(NC(=O)N(Cc1cccnc1)C(C)C)c1cc(F)ccc1N1CCC(O)CC1. The second-order valence-electron chi connectivity index (χ2n) is 8.18. The number of nitrogens with one attached hydrogen (secondary N) is 1. The lowest BCUT2D eigenvalue weighted by Gasteiger charge is -2.34. The topological polar surface area (TPSA) is 68.7 Å². The van der Waals surface area contributed by atoms with E-state index in [1.807, 2.05) is 32.9 Å². The van der Waals surface area contributed by atoms with Gasteiger partial charge in [0, 0.05) is 49.3 Å².